The Morgan fingerprint density at radius 1 is 1.73 bits per heavy atom. The number of hydrogen-bond donors (Lipinski definition) is 0. The van der Waals surface area contributed by atoms with Gasteiger partial charge < -0.3 is 4.42 Å². The zero-order valence-corrected chi connectivity index (χ0v) is 7.76. The summed E-state index contributed by atoms with van der Waals surface area (Å²) in [6.45, 7) is 2.05. The molecule has 3 heteroatoms. The van der Waals surface area contributed by atoms with Crippen LogP contribution in [0.1, 0.15) is 29.7 Å². The highest BCUT2D eigenvalue weighted by Crippen LogP contribution is 2.27. The van der Waals surface area contributed by atoms with Gasteiger partial charge in [0.25, 0.3) is 0 Å². The average Bonchev–Trinajstić information content (AvgIpc) is 2.50. The van der Waals surface area contributed by atoms with Crippen molar-refractivity contribution in [2.45, 2.75) is 18.2 Å². The summed E-state index contributed by atoms with van der Waals surface area (Å²) < 4.78 is 5.18. The number of nitrogens with zero attached hydrogens (tertiary/aromatic N) is 1. The van der Waals surface area contributed by atoms with E-state index in [1.54, 1.807) is 6.07 Å². The van der Waals surface area contributed by atoms with Crippen molar-refractivity contribution < 1.29 is 4.42 Å². The molecule has 0 bridgehead atoms. The molecule has 0 aliphatic rings. The van der Waals surface area contributed by atoms with Gasteiger partial charge in [-0.15, -0.1) is 0 Å². The zero-order chi connectivity index (χ0) is 8.27. The summed E-state index contributed by atoms with van der Waals surface area (Å²) in [5.74, 6) is 1.20. The molecule has 0 saturated carbocycles. The van der Waals surface area contributed by atoms with Gasteiger partial charge in [0.1, 0.15) is 11.8 Å². The van der Waals surface area contributed by atoms with E-state index < -0.39 is 0 Å². The molecular weight excluding hydrogens is 206 g/mol. The molecule has 1 unspecified atom stereocenters. The fourth-order valence-corrected chi connectivity index (χ4v) is 1.03. The Kier molecular flexibility index (Phi) is 2.72. The zero-order valence-electron chi connectivity index (χ0n) is 6.17. The molecule has 0 aromatic carbocycles. The Morgan fingerprint density at radius 3 is 2.91 bits per heavy atom. The summed E-state index contributed by atoms with van der Waals surface area (Å²) in [7, 11) is 0. The molecule has 0 spiro atoms. The molecule has 0 aliphatic carbocycles. The van der Waals surface area contributed by atoms with E-state index >= 15 is 0 Å². The first-order valence-electron chi connectivity index (χ1n) is 3.41. The molecule has 1 rings (SSSR count). The van der Waals surface area contributed by atoms with E-state index in [2.05, 4.69) is 15.9 Å². The molecule has 11 heavy (non-hydrogen) atoms. The van der Waals surface area contributed by atoms with Crippen molar-refractivity contribution in [3.8, 4) is 6.07 Å². The third-order valence-electron chi connectivity index (χ3n) is 1.40. The molecule has 1 atom stereocenters. The number of hydrogen-bond acceptors (Lipinski definition) is 2. The minimum absolute atomic E-state index is 0.226. The maximum absolute atomic E-state index is 8.45. The minimum atomic E-state index is 0.226. The van der Waals surface area contributed by atoms with Gasteiger partial charge in [0.05, 0.1) is 4.83 Å². The van der Waals surface area contributed by atoms with Gasteiger partial charge in [0.15, 0.2) is 0 Å². The van der Waals surface area contributed by atoms with Gasteiger partial charge in [-0.25, -0.2) is 0 Å². The van der Waals surface area contributed by atoms with Crippen molar-refractivity contribution in [1.82, 2.24) is 0 Å². The first-order valence-corrected chi connectivity index (χ1v) is 4.33. The smallest absolute Gasteiger partial charge is 0.203 e. The second kappa shape index (κ2) is 3.59. The number of alkyl halides is 1. The van der Waals surface area contributed by atoms with Gasteiger partial charge >= 0.3 is 0 Å². The molecule has 0 amide bonds. The first kappa shape index (κ1) is 8.35. The van der Waals surface area contributed by atoms with Gasteiger partial charge in [0, 0.05) is 0 Å². The lowest BCUT2D eigenvalue weighted by Crippen LogP contribution is -1.81. The van der Waals surface area contributed by atoms with E-state index in [4.69, 9.17) is 9.68 Å². The highest BCUT2D eigenvalue weighted by atomic mass is 79.9. The fourth-order valence-electron chi connectivity index (χ4n) is 0.782. The lowest BCUT2D eigenvalue weighted by atomic mass is 10.3. The first-order chi connectivity index (χ1) is 5.27. The molecule has 0 N–H and O–H groups in total. The topological polar surface area (TPSA) is 36.9 Å². The van der Waals surface area contributed by atoms with E-state index in [0.717, 1.165) is 12.2 Å². The summed E-state index contributed by atoms with van der Waals surface area (Å²) in [6.07, 6.45) is 0.957. The van der Waals surface area contributed by atoms with E-state index in [9.17, 15) is 0 Å². The number of nitriles is 1. The van der Waals surface area contributed by atoms with Gasteiger partial charge in [-0.1, -0.05) is 22.9 Å². The van der Waals surface area contributed by atoms with Crippen LogP contribution in [-0.4, -0.2) is 0 Å². The van der Waals surface area contributed by atoms with Crippen molar-refractivity contribution in [1.29, 1.82) is 5.26 Å². The standard InChI is InChI=1S/C8H8BrNO/c1-2-7(9)8-4-3-6(5-10)11-8/h3-4,7H,2H2,1H3. The van der Waals surface area contributed by atoms with Crippen molar-refractivity contribution in [3.63, 3.8) is 0 Å². The lowest BCUT2D eigenvalue weighted by molar-refractivity contribution is 0.493. The van der Waals surface area contributed by atoms with Crippen molar-refractivity contribution in [2.24, 2.45) is 0 Å². The summed E-state index contributed by atoms with van der Waals surface area (Å²) in [5, 5.41) is 8.45. The molecule has 1 aromatic rings. The quantitative estimate of drug-likeness (QED) is 0.709. The van der Waals surface area contributed by atoms with E-state index in [1.165, 1.54) is 0 Å². The molecular formula is C8H8BrNO. The Hall–Kier alpha value is -0.750. The lowest BCUT2D eigenvalue weighted by Gasteiger charge is -1.99. The Bertz CT molecular complexity index is 274. The Labute approximate surface area is 73.9 Å². The van der Waals surface area contributed by atoms with E-state index in [1.807, 2.05) is 19.1 Å². The molecule has 0 fully saturated rings. The van der Waals surface area contributed by atoms with Crippen molar-refractivity contribution in [2.75, 3.05) is 0 Å². The predicted molar refractivity (Wildman–Crippen MR) is 45.4 cm³/mol. The van der Waals surface area contributed by atoms with Crippen LogP contribution in [0.4, 0.5) is 0 Å². The number of halogens is 1. The Morgan fingerprint density at radius 2 is 2.45 bits per heavy atom. The largest absolute Gasteiger partial charge is 0.449 e. The molecule has 0 aliphatic heterocycles. The van der Waals surface area contributed by atoms with Gasteiger partial charge in [-0.3, -0.25) is 0 Å². The molecule has 0 radical (unpaired) electrons. The number of rotatable bonds is 2. The summed E-state index contributed by atoms with van der Waals surface area (Å²) in [6, 6.07) is 5.44. The monoisotopic (exact) mass is 213 g/mol. The SMILES string of the molecule is CCC(Br)c1ccc(C#N)o1. The molecule has 1 heterocycles. The van der Waals surface area contributed by atoms with Crippen molar-refractivity contribution >= 4 is 15.9 Å². The average molecular weight is 214 g/mol. The van der Waals surface area contributed by atoms with Crippen LogP contribution in [0.25, 0.3) is 0 Å². The van der Waals surface area contributed by atoms with Crippen LogP contribution in [-0.2, 0) is 0 Å². The summed E-state index contributed by atoms with van der Waals surface area (Å²) in [5.41, 5.74) is 0. The second-order valence-electron chi connectivity index (χ2n) is 2.19. The maximum atomic E-state index is 8.45. The van der Waals surface area contributed by atoms with Crippen LogP contribution in [0.3, 0.4) is 0 Å². The van der Waals surface area contributed by atoms with Crippen LogP contribution in [0, 0.1) is 11.3 Å². The van der Waals surface area contributed by atoms with Crippen LogP contribution in [0.2, 0.25) is 0 Å². The normalized spacial score (nSPS) is 12.5. The molecule has 0 saturated heterocycles. The van der Waals surface area contributed by atoms with Crippen molar-refractivity contribution in [3.05, 3.63) is 23.7 Å². The van der Waals surface area contributed by atoms with Gasteiger partial charge in [0.2, 0.25) is 5.76 Å². The number of furan rings is 1. The van der Waals surface area contributed by atoms with Crippen LogP contribution in [0.5, 0.6) is 0 Å². The van der Waals surface area contributed by atoms with E-state index in [0.29, 0.717) is 5.76 Å². The van der Waals surface area contributed by atoms with Gasteiger partial charge in [-0.05, 0) is 18.6 Å². The maximum Gasteiger partial charge on any atom is 0.203 e. The van der Waals surface area contributed by atoms with Crippen LogP contribution in [0.15, 0.2) is 16.5 Å². The molecule has 2 nitrogen and oxygen atoms in total. The second-order valence-corrected chi connectivity index (χ2v) is 3.29. The summed E-state index contributed by atoms with van der Waals surface area (Å²) in [4.78, 5) is 0.226. The van der Waals surface area contributed by atoms with Crippen LogP contribution < -0.4 is 0 Å². The minimum Gasteiger partial charge on any atom is -0.449 e. The molecule has 58 valence electrons. The van der Waals surface area contributed by atoms with E-state index in [-0.39, 0.29) is 4.83 Å². The third kappa shape index (κ3) is 1.84. The summed E-state index contributed by atoms with van der Waals surface area (Å²) >= 11 is 3.42. The van der Waals surface area contributed by atoms with Gasteiger partial charge in [-0.2, -0.15) is 5.26 Å². The molecule has 1 aromatic heterocycles. The highest BCUT2D eigenvalue weighted by molar-refractivity contribution is 9.09. The highest BCUT2D eigenvalue weighted by Gasteiger charge is 2.08. The fraction of sp³-hybridized carbons (Fsp3) is 0.375. The predicted octanol–water partition coefficient (Wildman–Crippen LogP) is 3.00. The Balaban J connectivity index is 2.82. The third-order valence-corrected chi connectivity index (χ3v) is 2.50. The van der Waals surface area contributed by atoms with Crippen LogP contribution >= 0.6 is 15.9 Å².